The Morgan fingerprint density at radius 3 is 0.605 bits per heavy atom. The van der Waals surface area contributed by atoms with E-state index < -0.39 is 7.26 Å². The molecule has 0 spiro atoms. The standard InChI is InChI=1S/C36H76P.ClH/c1-5-9-13-17-18-19-20-21-22-23-24-25-26-27-28-32-36-37(33-29-14-10-6-2,34-30-15-11-7-3)35-31-16-12-8-4;/h5-36H2,1-4H3;1H/q+1;/p-1. The second-order valence-electron chi connectivity index (χ2n) is 12.7. The van der Waals surface area contributed by atoms with E-state index in [-0.39, 0.29) is 12.4 Å². The van der Waals surface area contributed by atoms with E-state index in [1.54, 1.807) is 50.3 Å². The Bertz CT molecular complexity index is 379. The van der Waals surface area contributed by atoms with Gasteiger partial charge in [0.2, 0.25) is 0 Å². The van der Waals surface area contributed by atoms with Crippen LogP contribution in [0.5, 0.6) is 0 Å². The summed E-state index contributed by atoms with van der Waals surface area (Å²) >= 11 is 0. The van der Waals surface area contributed by atoms with Crippen molar-refractivity contribution in [2.45, 2.75) is 207 Å². The molecular weight excluding hydrogens is 499 g/mol. The van der Waals surface area contributed by atoms with Gasteiger partial charge in [-0.25, -0.2) is 0 Å². The normalized spacial score (nSPS) is 11.7. The molecule has 232 valence electrons. The van der Waals surface area contributed by atoms with E-state index in [0.717, 1.165) is 0 Å². The van der Waals surface area contributed by atoms with E-state index in [1.165, 1.54) is 154 Å². The van der Waals surface area contributed by atoms with Gasteiger partial charge in [-0.05, 0) is 51.4 Å². The van der Waals surface area contributed by atoms with Crippen molar-refractivity contribution in [1.82, 2.24) is 0 Å². The molecule has 0 aromatic carbocycles. The lowest BCUT2D eigenvalue weighted by Crippen LogP contribution is -3.00. The van der Waals surface area contributed by atoms with Crippen LogP contribution >= 0.6 is 7.26 Å². The highest BCUT2D eigenvalue weighted by Crippen LogP contribution is 2.61. The van der Waals surface area contributed by atoms with Gasteiger partial charge in [0, 0.05) is 7.26 Å². The van der Waals surface area contributed by atoms with Crippen molar-refractivity contribution in [2.75, 3.05) is 24.6 Å². The van der Waals surface area contributed by atoms with Crippen LogP contribution in [0.1, 0.15) is 207 Å². The van der Waals surface area contributed by atoms with Crippen molar-refractivity contribution in [1.29, 1.82) is 0 Å². The molecule has 0 aliphatic carbocycles. The van der Waals surface area contributed by atoms with Gasteiger partial charge in [0.1, 0.15) is 0 Å². The van der Waals surface area contributed by atoms with Crippen molar-refractivity contribution >= 4 is 7.26 Å². The Hall–Kier alpha value is 0.720. The van der Waals surface area contributed by atoms with Crippen LogP contribution in [0.4, 0.5) is 0 Å². The van der Waals surface area contributed by atoms with Crippen LogP contribution in [0, 0.1) is 0 Å². The van der Waals surface area contributed by atoms with E-state index in [2.05, 4.69) is 27.7 Å². The van der Waals surface area contributed by atoms with Crippen molar-refractivity contribution in [2.24, 2.45) is 0 Å². The predicted molar refractivity (Wildman–Crippen MR) is 178 cm³/mol. The summed E-state index contributed by atoms with van der Waals surface area (Å²) in [6.45, 7) is 9.42. The van der Waals surface area contributed by atoms with Gasteiger partial charge < -0.3 is 12.4 Å². The second kappa shape index (κ2) is 33.9. The molecule has 0 aromatic heterocycles. The van der Waals surface area contributed by atoms with E-state index >= 15 is 0 Å². The zero-order valence-electron chi connectivity index (χ0n) is 27.5. The predicted octanol–water partition coefficient (Wildman–Crippen LogP) is 11.0. The van der Waals surface area contributed by atoms with Gasteiger partial charge in [-0.1, -0.05) is 156 Å². The molecule has 0 aliphatic rings. The van der Waals surface area contributed by atoms with Gasteiger partial charge in [-0.15, -0.1) is 0 Å². The van der Waals surface area contributed by atoms with Crippen LogP contribution in [-0.4, -0.2) is 24.6 Å². The number of hydrogen-bond acceptors (Lipinski definition) is 0. The molecule has 0 atom stereocenters. The molecule has 0 aliphatic heterocycles. The highest BCUT2D eigenvalue weighted by Gasteiger charge is 2.34. The molecule has 0 aromatic rings. The third-order valence-electron chi connectivity index (χ3n) is 8.94. The number of unbranched alkanes of at least 4 members (excludes halogenated alkanes) is 24. The van der Waals surface area contributed by atoms with Crippen LogP contribution in [0.2, 0.25) is 0 Å². The lowest BCUT2D eigenvalue weighted by atomic mass is 10.0. The molecule has 0 unspecified atom stereocenters. The van der Waals surface area contributed by atoms with Gasteiger partial charge in [0.05, 0.1) is 24.6 Å². The molecule has 0 nitrogen and oxygen atoms in total. The fraction of sp³-hybridized carbons (Fsp3) is 1.00. The van der Waals surface area contributed by atoms with Gasteiger partial charge in [0.15, 0.2) is 0 Å². The minimum atomic E-state index is -0.705. The Labute approximate surface area is 251 Å². The third-order valence-corrected chi connectivity index (χ3v) is 14.0. The maximum Gasteiger partial charge on any atom is 0.0594 e. The molecule has 0 N–H and O–H groups in total. The van der Waals surface area contributed by atoms with Crippen LogP contribution in [-0.2, 0) is 0 Å². The van der Waals surface area contributed by atoms with Crippen LogP contribution in [0.3, 0.4) is 0 Å². The third kappa shape index (κ3) is 28.3. The first kappa shape index (κ1) is 40.9. The van der Waals surface area contributed by atoms with Crippen LogP contribution in [0.15, 0.2) is 0 Å². The summed E-state index contributed by atoms with van der Waals surface area (Å²) in [5.41, 5.74) is 0. The fourth-order valence-electron chi connectivity index (χ4n) is 6.29. The molecule has 0 rings (SSSR count). The lowest BCUT2D eigenvalue weighted by Gasteiger charge is -2.28. The Balaban J connectivity index is 0. The smallest absolute Gasteiger partial charge is 0.0594 e. The Kier molecular flexibility index (Phi) is 36.5. The van der Waals surface area contributed by atoms with E-state index in [9.17, 15) is 0 Å². The molecular formula is C36H76ClP. The molecule has 0 saturated heterocycles. The van der Waals surface area contributed by atoms with Crippen molar-refractivity contribution in [3.8, 4) is 0 Å². The minimum absolute atomic E-state index is 0. The molecule has 2 heteroatoms. The zero-order valence-corrected chi connectivity index (χ0v) is 29.1. The highest BCUT2D eigenvalue weighted by molar-refractivity contribution is 7.75. The van der Waals surface area contributed by atoms with Crippen LogP contribution < -0.4 is 12.4 Å². The molecule has 0 heterocycles. The molecule has 38 heavy (non-hydrogen) atoms. The molecule has 0 fully saturated rings. The Morgan fingerprint density at radius 2 is 0.395 bits per heavy atom. The summed E-state index contributed by atoms with van der Waals surface area (Å²) in [4.78, 5) is 0. The van der Waals surface area contributed by atoms with E-state index in [4.69, 9.17) is 0 Å². The average molecular weight is 575 g/mol. The number of halogens is 1. The van der Waals surface area contributed by atoms with Gasteiger partial charge in [-0.3, -0.25) is 0 Å². The van der Waals surface area contributed by atoms with E-state index in [1.807, 2.05) is 0 Å². The average Bonchev–Trinajstić information content (AvgIpc) is 2.91. The fourth-order valence-corrected chi connectivity index (χ4v) is 11.2. The second-order valence-corrected chi connectivity index (χ2v) is 17.2. The van der Waals surface area contributed by atoms with Gasteiger partial charge >= 0.3 is 0 Å². The number of rotatable bonds is 32. The summed E-state index contributed by atoms with van der Waals surface area (Å²) in [6, 6.07) is 0. The first-order chi connectivity index (χ1) is 18.2. The van der Waals surface area contributed by atoms with Crippen molar-refractivity contribution < 1.29 is 12.4 Å². The van der Waals surface area contributed by atoms with Crippen LogP contribution in [0.25, 0.3) is 0 Å². The largest absolute Gasteiger partial charge is 1.00 e. The summed E-state index contributed by atoms with van der Waals surface area (Å²) in [5.74, 6) is 0. The first-order valence-corrected chi connectivity index (χ1v) is 20.6. The maximum atomic E-state index is 2.37. The van der Waals surface area contributed by atoms with Crippen molar-refractivity contribution in [3.63, 3.8) is 0 Å². The summed E-state index contributed by atoms with van der Waals surface area (Å²) in [5, 5.41) is 0. The van der Waals surface area contributed by atoms with Gasteiger partial charge in [0.25, 0.3) is 0 Å². The minimum Gasteiger partial charge on any atom is -1.00 e. The molecule has 0 radical (unpaired) electrons. The quantitative estimate of drug-likeness (QED) is 0.0553. The number of hydrogen-bond donors (Lipinski definition) is 0. The monoisotopic (exact) mass is 575 g/mol. The van der Waals surface area contributed by atoms with Crippen molar-refractivity contribution in [3.05, 3.63) is 0 Å². The molecule has 0 bridgehead atoms. The summed E-state index contributed by atoms with van der Waals surface area (Å²) in [7, 11) is -0.705. The Morgan fingerprint density at radius 1 is 0.237 bits per heavy atom. The zero-order chi connectivity index (χ0) is 27.1. The maximum absolute atomic E-state index is 2.37. The lowest BCUT2D eigenvalue weighted by molar-refractivity contribution is -0.00000842. The molecule has 0 saturated carbocycles. The summed E-state index contributed by atoms with van der Waals surface area (Å²) in [6.07, 6.45) is 48.1. The SMILES string of the molecule is CCCCCCCCCCCCCCCCCC[P+](CCCCCC)(CCCCCC)CCCCCC.[Cl-]. The topological polar surface area (TPSA) is 0 Å². The summed E-state index contributed by atoms with van der Waals surface area (Å²) < 4.78 is 0. The highest BCUT2D eigenvalue weighted by atomic mass is 35.5. The van der Waals surface area contributed by atoms with Gasteiger partial charge in [-0.2, -0.15) is 0 Å². The molecule has 0 amide bonds. The van der Waals surface area contributed by atoms with E-state index in [0.29, 0.717) is 0 Å². The first-order valence-electron chi connectivity index (χ1n) is 18.1.